The van der Waals surface area contributed by atoms with Gasteiger partial charge in [0.25, 0.3) is 0 Å². The molecule has 0 saturated heterocycles. The zero-order chi connectivity index (χ0) is 11.0. The van der Waals surface area contributed by atoms with E-state index in [1.54, 1.807) is 0 Å². The molecule has 0 amide bonds. The summed E-state index contributed by atoms with van der Waals surface area (Å²) in [5, 5.41) is 9.14. The molecule has 2 saturated carbocycles. The molecule has 1 aromatic rings. The molecule has 0 spiro atoms. The van der Waals surface area contributed by atoms with E-state index in [9.17, 15) is 0 Å². The Balaban J connectivity index is 1.83. The maximum Gasteiger partial charge on any atom is 0.0823 e. The second-order valence-electron chi connectivity index (χ2n) is 5.30. The summed E-state index contributed by atoms with van der Waals surface area (Å²) in [6.45, 7) is 0. The fourth-order valence-electron chi connectivity index (χ4n) is 2.92. The molecule has 0 unspecified atom stereocenters. The van der Waals surface area contributed by atoms with Gasteiger partial charge in [-0.05, 0) is 42.7 Å². The Hall–Kier alpha value is -1.29. The average molecular weight is 211 g/mol. The van der Waals surface area contributed by atoms with Crippen molar-refractivity contribution in [3.05, 3.63) is 35.4 Å². The fraction of sp³-hybridized carbons (Fsp3) is 0.533. The molecule has 82 valence electrons. The lowest BCUT2D eigenvalue weighted by Crippen LogP contribution is -2.02. The predicted molar refractivity (Wildman–Crippen MR) is 64.2 cm³/mol. The van der Waals surface area contributed by atoms with Crippen LogP contribution < -0.4 is 0 Å². The quantitative estimate of drug-likeness (QED) is 0.727. The first-order valence-corrected chi connectivity index (χ1v) is 6.36. The normalized spacial score (nSPS) is 22.9. The lowest BCUT2D eigenvalue weighted by Gasteiger charge is -2.11. The van der Waals surface area contributed by atoms with Crippen LogP contribution in [0.25, 0.3) is 0 Å². The highest BCUT2D eigenvalue weighted by molar-refractivity contribution is 5.40. The van der Waals surface area contributed by atoms with E-state index in [1.165, 1.54) is 36.8 Å². The topological polar surface area (TPSA) is 23.8 Å². The number of nitriles is 1. The van der Waals surface area contributed by atoms with Crippen molar-refractivity contribution in [2.45, 2.75) is 49.9 Å². The molecule has 2 aliphatic carbocycles. The summed E-state index contributed by atoms with van der Waals surface area (Å²) in [6, 6.07) is 11.3. The molecule has 0 bridgehead atoms. The minimum atomic E-state index is -0.117. The van der Waals surface area contributed by atoms with E-state index in [1.807, 2.05) is 0 Å². The van der Waals surface area contributed by atoms with Gasteiger partial charge in [-0.15, -0.1) is 0 Å². The highest BCUT2D eigenvalue weighted by Gasteiger charge is 2.44. The maximum atomic E-state index is 9.14. The van der Waals surface area contributed by atoms with Crippen LogP contribution in [0.2, 0.25) is 0 Å². The molecule has 3 rings (SSSR count). The van der Waals surface area contributed by atoms with E-state index in [4.69, 9.17) is 5.26 Å². The molecule has 2 fully saturated rings. The van der Waals surface area contributed by atoms with Crippen molar-refractivity contribution in [1.29, 1.82) is 5.26 Å². The Morgan fingerprint density at radius 1 is 1.06 bits per heavy atom. The van der Waals surface area contributed by atoms with Crippen LogP contribution in [0, 0.1) is 11.3 Å². The number of nitrogens with zero attached hydrogens (tertiary/aromatic N) is 1. The lowest BCUT2D eigenvalue weighted by molar-refractivity contribution is 0.722. The van der Waals surface area contributed by atoms with E-state index in [2.05, 4.69) is 30.3 Å². The molecular weight excluding hydrogens is 194 g/mol. The molecular formula is C15H17N. The van der Waals surface area contributed by atoms with Crippen LogP contribution in [0.4, 0.5) is 0 Å². The SMILES string of the molecule is N#CC1(c2ccc(C3CCCC3)cc2)CC1. The van der Waals surface area contributed by atoms with Crippen LogP contribution in [0.3, 0.4) is 0 Å². The summed E-state index contributed by atoms with van der Waals surface area (Å²) in [5.74, 6) is 0.784. The largest absolute Gasteiger partial charge is 0.197 e. The van der Waals surface area contributed by atoms with Gasteiger partial charge in [-0.25, -0.2) is 0 Å². The molecule has 0 aromatic heterocycles. The van der Waals surface area contributed by atoms with Gasteiger partial charge >= 0.3 is 0 Å². The summed E-state index contributed by atoms with van der Waals surface area (Å²) >= 11 is 0. The Bertz CT molecular complexity index is 414. The second-order valence-corrected chi connectivity index (χ2v) is 5.30. The molecule has 16 heavy (non-hydrogen) atoms. The summed E-state index contributed by atoms with van der Waals surface area (Å²) in [6.07, 6.45) is 7.56. The maximum absolute atomic E-state index is 9.14. The number of benzene rings is 1. The van der Waals surface area contributed by atoms with Gasteiger partial charge in [0.05, 0.1) is 11.5 Å². The first-order valence-electron chi connectivity index (χ1n) is 6.36. The molecule has 1 nitrogen and oxygen atoms in total. The Labute approximate surface area is 97.1 Å². The van der Waals surface area contributed by atoms with Gasteiger partial charge in [0, 0.05) is 0 Å². The number of rotatable bonds is 2. The third-order valence-corrected chi connectivity index (χ3v) is 4.25. The van der Waals surface area contributed by atoms with E-state index in [-0.39, 0.29) is 5.41 Å². The smallest absolute Gasteiger partial charge is 0.0823 e. The van der Waals surface area contributed by atoms with Crippen molar-refractivity contribution >= 4 is 0 Å². The van der Waals surface area contributed by atoms with Gasteiger partial charge < -0.3 is 0 Å². The van der Waals surface area contributed by atoms with Crippen molar-refractivity contribution in [2.75, 3.05) is 0 Å². The monoisotopic (exact) mass is 211 g/mol. The Morgan fingerprint density at radius 2 is 1.69 bits per heavy atom. The lowest BCUT2D eigenvalue weighted by atomic mass is 9.92. The summed E-state index contributed by atoms with van der Waals surface area (Å²) in [7, 11) is 0. The summed E-state index contributed by atoms with van der Waals surface area (Å²) in [4.78, 5) is 0. The highest BCUT2D eigenvalue weighted by atomic mass is 14.5. The number of hydrogen-bond acceptors (Lipinski definition) is 1. The van der Waals surface area contributed by atoms with Gasteiger partial charge in [-0.3, -0.25) is 0 Å². The first-order chi connectivity index (χ1) is 7.84. The van der Waals surface area contributed by atoms with Gasteiger partial charge in [-0.2, -0.15) is 5.26 Å². The third-order valence-electron chi connectivity index (χ3n) is 4.25. The van der Waals surface area contributed by atoms with Crippen LogP contribution in [0.1, 0.15) is 55.6 Å². The Morgan fingerprint density at radius 3 is 2.19 bits per heavy atom. The predicted octanol–water partition coefficient (Wildman–Crippen LogP) is 3.90. The molecule has 1 heteroatoms. The van der Waals surface area contributed by atoms with Crippen molar-refractivity contribution in [1.82, 2.24) is 0 Å². The first kappa shape index (κ1) is 9.90. The average Bonchev–Trinajstić information content (AvgIpc) is 2.96. The van der Waals surface area contributed by atoms with E-state index in [0.717, 1.165) is 18.8 Å². The van der Waals surface area contributed by atoms with Gasteiger partial charge in [0.1, 0.15) is 0 Å². The van der Waals surface area contributed by atoms with Gasteiger partial charge in [-0.1, -0.05) is 37.1 Å². The van der Waals surface area contributed by atoms with Gasteiger partial charge in [0.2, 0.25) is 0 Å². The molecule has 0 atom stereocenters. The van der Waals surface area contributed by atoms with Crippen LogP contribution in [-0.2, 0) is 5.41 Å². The highest BCUT2D eigenvalue weighted by Crippen LogP contribution is 2.47. The van der Waals surface area contributed by atoms with Crippen LogP contribution in [0.15, 0.2) is 24.3 Å². The standard InChI is InChI=1S/C15H17N/c16-11-15(9-10-15)14-7-5-13(6-8-14)12-3-1-2-4-12/h5-8,12H,1-4,9-10H2. The fourth-order valence-corrected chi connectivity index (χ4v) is 2.92. The zero-order valence-electron chi connectivity index (χ0n) is 9.58. The second kappa shape index (κ2) is 3.63. The van der Waals surface area contributed by atoms with Crippen LogP contribution in [-0.4, -0.2) is 0 Å². The molecule has 1 aromatic carbocycles. The van der Waals surface area contributed by atoms with Crippen molar-refractivity contribution in [3.8, 4) is 6.07 Å². The molecule has 0 N–H and O–H groups in total. The third kappa shape index (κ3) is 1.53. The van der Waals surface area contributed by atoms with E-state index in [0.29, 0.717) is 0 Å². The molecule has 0 aliphatic heterocycles. The minimum Gasteiger partial charge on any atom is -0.197 e. The van der Waals surface area contributed by atoms with Gasteiger partial charge in [0.15, 0.2) is 0 Å². The Kier molecular flexibility index (Phi) is 2.24. The van der Waals surface area contributed by atoms with Crippen LogP contribution >= 0.6 is 0 Å². The van der Waals surface area contributed by atoms with Crippen LogP contribution in [0.5, 0.6) is 0 Å². The molecule has 0 heterocycles. The zero-order valence-corrected chi connectivity index (χ0v) is 9.58. The van der Waals surface area contributed by atoms with Crippen molar-refractivity contribution in [2.24, 2.45) is 0 Å². The van der Waals surface area contributed by atoms with Crippen molar-refractivity contribution < 1.29 is 0 Å². The number of hydrogen-bond donors (Lipinski definition) is 0. The van der Waals surface area contributed by atoms with Crippen molar-refractivity contribution in [3.63, 3.8) is 0 Å². The van der Waals surface area contributed by atoms with E-state index >= 15 is 0 Å². The molecule has 0 radical (unpaired) electrons. The van der Waals surface area contributed by atoms with E-state index < -0.39 is 0 Å². The molecule has 2 aliphatic rings. The summed E-state index contributed by atoms with van der Waals surface area (Å²) in [5.41, 5.74) is 2.60. The minimum absolute atomic E-state index is 0.117. The summed E-state index contributed by atoms with van der Waals surface area (Å²) < 4.78 is 0.